The monoisotopic (exact) mass is 253 g/mol. The van der Waals surface area contributed by atoms with E-state index in [1.807, 2.05) is 0 Å². The first kappa shape index (κ1) is 14.1. The van der Waals surface area contributed by atoms with Crippen molar-refractivity contribution in [3.8, 4) is 5.75 Å². The molecule has 2 atom stereocenters. The second-order valence-electron chi connectivity index (χ2n) is 4.02. The van der Waals surface area contributed by atoms with E-state index >= 15 is 0 Å². The van der Waals surface area contributed by atoms with Gasteiger partial charge in [0.2, 0.25) is 5.91 Å². The van der Waals surface area contributed by atoms with Crippen molar-refractivity contribution in [1.82, 2.24) is 0 Å². The highest BCUT2D eigenvalue weighted by Crippen LogP contribution is 2.25. The molecule has 1 amide bonds. The van der Waals surface area contributed by atoms with Gasteiger partial charge in [-0.3, -0.25) is 9.59 Å². The SMILES string of the molecule is CC(=O)c1cc(C(O)C(O)CC(N)=O)ccc1O. The number of aliphatic hydroxyl groups is 2. The Labute approximate surface area is 104 Å². The molecule has 0 spiro atoms. The van der Waals surface area contributed by atoms with Gasteiger partial charge in [-0.2, -0.15) is 0 Å². The van der Waals surface area contributed by atoms with Gasteiger partial charge in [0.15, 0.2) is 5.78 Å². The van der Waals surface area contributed by atoms with Gasteiger partial charge in [0, 0.05) is 0 Å². The summed E-state index contributed by atoms with van der Waals surface area (Å²) in [5, 5.41) is 28.8. The standard InChI is InChI=1S/C12H15NO5/c1-6(14)8-4-7(2-3-9(8)15)12(18)10(16)5-11(13)17/h2-4,10,12,15-16,18H,5H2,1H3,(H2,13,17). The van der Waals surface area contributed by atoms with E-state index in [0.29, 0.717) is 0 Å². The predicted octanol–water partition coefficient (Wildman–Crippen LogP) is -0.136. The van der Waals surface area contributed by atoms with Gasteiger partial charge in [-0.25, -0.2) is 0 Å². The third-order valence-corrected chi connectivity index (χ3v) is 2.52. The van der Waals surface area contributed by atoms with Crippen molar-refractivity contribution < 1.29 is 24.9 Å². The first-order valence-corrected chi connectivity index (χ1v) is 5.31. The van der Waals surface area contributed by atoms with Crippen molar-refractivity contribution in [3.05, 3.63) is 29.3 Å². The fourth-order valence-electron chi connectivity index (χ4n) is 1.56. The first-order valence-electron chi connectivity index (χ1n) is 5.31. The predicted molar refractivity (Wildman–Crippen MR) is 62.9 cm³/mol. The van der Waals surface area contributed by atoms with Crippen LogP contribution in [0.4, 0.5) is 0 Å². The topological polar surface area (TPSA) is 121 Å². The fraction of sp³-hybridized carbons (Fsp3) is 0.333. The normalized spacial score (nSPS) is 13.9. The molecule has 0 saturated carbocycles. The van der Waals surface area contributed by atoms with E-state index in [4.69, 9.17) is 5.73 Å². The van der Waals surface area contributed by atoms with E-state index in [-0.39, 0.29) is 22.7 Å². The van der Waals surface area contributed by atoms with Crippen molar-refractivity contribution in [2.75, 3.05) is 0 Å². The summed E-state index contributed by atoms with van der Waals surface area (Å²) in [6, 6.07) is 3.87. The summed E-state index contributed by atoms with van der Waals surface area (Å²) in [7, 11) is 0. The number of hydrogen-bond acceptors (Lipinski definition) is 5. The summed E-state index contributed by atoms with van der Waals surface area (Å²) in [5.41, 5.74) is 5.18. The van der Waals surface area contributed by atoms with E-state index in [9.17, 15) is 24.9 Å². The molecule has 0 aliphatic heterocycles. The molecule has 6 heteroatoms. The number of phenols is 1. The van der Waals surface area contributed by atoms with E-state index in [1.54, 1.807) is 0 Å². The van der Waals surface area contributed by atoms with Gasteiger partial charge in [0.05, 0.1) is 18.1 Å². The molecule has 5 N–H and O–H groups in total. The molecule has 0 saturated heterocycles. The van der Waals surface area contributed by atoms with Gasteiger partial charge in [0.1, 0.15) is 11.9 Å². The molecular formula is C12H15NO5. The van der Waals surface area contributed by atoms with Gasteiger partial charge in [-0.15, -0.1) is 0 Å². The lowest BCUT2D eigenvalue weighted by atomic mass is 9.98. The maximum atomic E-state index is 11.2. The second kappa shape index (κ2) is 5.61. The number of primary amides is 1. The zero-order chi connectivity index (χ0) is 13.9. The number of rotatable bonds is 5. The highest BCUT2D eigenvalue weighted by atomic mass is 16.3. The van der Waals surface area contributed by atoms with Crippen LogP contribution in [0.1, 0.15) is 35.4 Å². The van der Waals surface area contributed by atoms with Crippen molar-refractivity contribution in [2.24, 2.45) is 5.73 Å². The molecule has 0 radical (unpaired) electrons. The van der Waals surface area contributed by atoms with E-state index < -0.39 is 24.5 Å². The Balaban J connectivity index is 2.99. The largest absolute Gasteiger partial charge is 0.507 e. The highest BCUT2D eigenvalue weighted by molar-refractivity contribution is 5.96. The average molecular weight is 253 g/mol. The summed E-state index contributed by atoms with van der Waals surface area (Å²) in [6.45, 7) is 1.27. The molecule has 0 heterocycles. The van der Waals surface area contributed by atoms with Crippen molar-refractivity contribution in [2.45, 2.75) is 25.6 Å². The Morgan fingerprint density at radius 2 is 1.94 bits per heavy atom. The molecule has 0 bridgehead atoms. The van der Waals surface area contributed by atoms with Crippen LogP contribution < -0.4 is 5.73 Å². The number of Topliss-reactive ketones (excluding diaryl/α,β-unsaturated/α-hetero) is 1. The third-order valence-electron chi connectivity index (χ3n) is 2.52. The quantitative estimate of drug-likeness (QED) is 0.544. The highest BCUT2D eigenvalue weighted by Gasteiger charge is 2.21. The van der Waals surface area contributed by atoms with Crippen molar-refractivity contribution >= 4 is 11.7 Å². The lowest BCUT2D eigenvalue weighted by Crippen LogP contribution is -2.25. The average Bonchev–Trinajstić information content (AvgIpc) is 2.27. The Hall–Kier alpha value is -1.92. The van der Waals surface area contributed by atoms with Gasteiger partial charge in [-0.05, 0) is 24.6 Å². The fourth-order valence-corrected chi connectivity index (χ4v) is 1.56. The molecule has 6 nitrogen and oxygen atoms in total. The molecule has 18 heavy (non-hydrogen) atoms. The van der Waals surface area contributed by atoms with Crippen molar-refractivity contribution in [1.29, 1.82) is 0 Å². The molecule has 2 unspecified atom stereocenters. The molecule has 1 aromatic carbocycles. The molecule has 0 aliphatic rings. The van der Waals surface area contributed by atoms with Crippen LogP contribution >= 0.6 is 0 Å². The molecule has 98 valence electrons. The van der Waals surface area contributed by atoms with Crippen LogP contribution in [0.15, 0.2) is 18.2 Å². The number of benzene rings is 1. The smallest absolute Gasteiger partial charge is 0.220 e. The third kappa shape index (κ3) is 3.28. The Bertz CT molecular complexity index is 472. The van der Waals surface area contributed by atoms with Crippen LogP contribution in [-0.4, -0.2) is 33.1 Å². The minimum Gasteiger partial charge on any atom is -0.507 e. The summed E-state index contributed by atoms with van der Waals surface area (Å²) < 4.78 is 0. The van der Waals surface area contributed by atoms with Gasteiger partial charge in [0.25, 0.3) is 0 Å². The molecule has 0 fully saturated rings. The second-order valence-corrected chi connectivity index (χ2v) is 4.02. The number of phenolic OH excluding ortho intramolecular Hbond substituents is 1. The lowest BCUT2D eigenvalue weighted by molar-refractivity contribution is -0.121. The van der Waals surface area contributed by atoms with Crippen LogP contribution in [-0.2, 0) is 4.79 Å². The minimum absolute atomic E-state index is 0.0397. The molecule has 0 aromatic heterocycles. The zero-order valence-electron chi connectivity index (χ0n) is 9.83. The number of carbonyl (C=O) groups excluding carboxylic acids is 2. The number of nitrogens with two attached hydrogens (primary N) is 1. The number of aromatic hydroxyl groups is 1. The van der Waals surface area contributed by atoms with Crippen molar-refractivity contribution in [3.63, 3.8) is 0 Å². The summed E-state index contributed by atoms with van der Waals surface area (Å²) in [6.07, 6.45) is -3.10. The maximum Gasteiger partial charge on any atom is 0.220 e. The van der Waals surface area contributed by atoms with Crippen LogP contribution in [0.2, 0.25) is 0 Å². The van der Waals surface area contributed by atoms with Gasteiger partial charge < -0.3 is 21.1 Å². The zero-order valence-corrected chi connectivity index (χ0v) is 9.83. The van der Waals surface area contributed by atoms with Crippen LogP contribution in [0.3, 0.4) is 0 Å². The molecule has 0 aliphatic carbocycles. The number of carbonyl (C=O) groups is 2. The van der Waals surface area contributed by atoms with Gasteiger partial charge in [-0.1, -0.05) is 6.07 Å². The van der Waals surface area contributed by atoms with Crippen LogP contribution in [0.25, 0.3) is 0 Å². The molecular weight excluding hydrogens is 238 g/mol. The number of amides is 1. The maximum absolute atomic E-state index is 11.2. The van der Waals surface area contributed by atoms with Gasteiger partial charge >= 0.3 is 0 Å². The van der Waals surface area contributed by atoms with E-state index in [2.05, 4.69) is 0 Å². The summed E-state index contributed by atoms with van der Waals surface area (Å²) in [5.74, 6) is -1.32. The minimum atomic E-state index is -1.35. The first-order chi connectivity index (χ1) is 8.32. The number of hydrogen-bond donors (Lipinski definition) is 4. The van der Waals surface area contributed by atoms with E-state index in [1.165, 1.54) is 25.1 Å². The number of ketones is 1. The van der Waals surface area contributed by atoms with Crippen LogP contribution in [0, 0.1) is 0 Å². The molecule has 1 rings (SSSR count). The summed E-state index contributed by atoms with van der Waals surface area (Å²) in [4.78, 5) is 21.8. The summed E-state index contributed by atoms with van der Waals surface area (Å²) >= 11 is 0. The van der Waals surface area contributed by atoms with E-state index in [0.717, 1.165) is 0 Å². The lowest BCUT2D eigenvalue weighted by Gasteiger charge is -2.17. The number of aliphatic hydroxyl groups excluding tert-OH is 2. The molecule has 1 aromatic rings. The Morgan fingerprint density at radius 3 is 2.44 bits per heavy atom. The Morgan fingerprint density at radius 1 is 1.33 bits per heavy atom. The van der Waals surface area contributed by atoms with Crippen LogP contribution in [0.5, 0.6) is 5.75 Å². The Kier molecular flexibility index (Phi) is 4.41.